The van der Waals surface area contributed by atoms with Crippen LogP contribution in [0.1, 0.15) is 40.5 Å². The number of piperidine rings is 1. The molecule has 1 N–H and O–H groups in total. The van der Waals surface area contributed by atoms with Crippen LogP contribution in [0.3, 0.4) is 0 Å². The smallest absolute Gasteiger partial charge is 0.408 e. The average Bonchev–Trinajstić information content (AvgIpc) is 2.95. The SMILES string of the molecule is CC(C)CCNC(=O)Cn1c(=O)oc2cc(S(=O)(=O)N3C[C@@H](C)C[C@H](C)C3)ccc21. The van der Waals surface area contributed by atoms with E-state index < -0.39 is 15.8 Å². The minimum Gasteiger partial charge on any atom is -0.408 e. The topological polar surface area (TPSA) is 102 Å². The lowest BCUT2D eigenvalue weighted by Gasteiger charge is -2.34. The lowest BCUT2D eigenvalue weighted by molar-refractivity contribution is -0.121. The standard InChI is InChI=1S/C21H31N3O5S/c1-14(2)7-8-22-20(25)13-24-18-6-5-17(10-19(18)29-21(24)26)30(27,28)23-11-15(3)9-16(4)12-23/h5-6,10,14-16H,7-9,11-13H2,1-4H3,(H,22,25)/t15-,16-/m0/s1. The van der Waals surface area contributed by atoms with Crippen LogP contribution in [0.5, 0.6) is 0 Å². The molecule has 1 aromatic heterocycles. The summed E-state index contributed by atoms with van der Waals surface area (Å²) in [4.78, 5) is 24.5. The Labute approximate surface area is 177 Å². The summed E-state index contributed by atoms with van der Waals surface area (Å²) in [6, 6.07) is 4.39. The third-order valence-electron chi connectivity index (χ3n) is 5.46. The Morgan fingerprint density at radius 2 is 1.90 bits per heavy atom. The molecule has 0 radical (unpaired) electrons. The Morgan fingerprint density at radius 1 is 1.23 bits per heavy atom. The average molecular weight is 438 g/mol. The van der Waals surface area contributed by atoms with Gasteiger partial charge in [0.05, 0.1) is 10.4 Å². The number of aromatic nitrogens is 1. The molecule has 1 saturated heterocycles. The number of hydrogen-bond acceptors (Lipinski definition) is 5. The first-order valence-electron chi connectivity index (χ1n) is 10.5. The molecule has 1 amide bonds. The van der Waals surface area contributed by atoms with Crippen LogP contribution in [-0.2, 0) is 21.4 Å². The maximum atomic E-state index is 13.1. The van der Waals surface area contributed by atoms with Gasteiger partial charge in [-0.3, -0.25) is 9.36 Å². The summed E-state index contributed by atoms with van der Waals surface area (Å²) in [5.41, 5.74) is 0.563. The molecule has 1 aliphatic heterocycles. The number of hydrogen-bond donors (Lipinski definition) is 1. The number of nitrogens with one attached hydrogen (secondary N) is 1. The summed E-state index contributed by atoms with van der Waals surface area (Å²) in [6.45, 7) is 9.55. The number of sulfonamides is 1. The Bertz CT molecular complexity index is 1060. The van der Waals surface area contributed by atoms with Crippen molar-refractivity contribution in [2.75, 3.05) is 19.6 Å². The van der Waals surface area contributed by atoms with Crippen LogP contribution in [-0.4, -0.2) is 42.8 Å². The monoisotopic (exact) mass is 437 g/mol. The van der Waals surface area contributed by atoms with Crippen molar-refractivity contribution in [2.45, 2.75) is 52.0 Å². The number of nitrogens with zero attached hydrogens (tertiary/aromatic N) is 2. The van der Waals surface area contributed by atoms with Crippen molar-refractivity contribution >= 4 is 27.0 Å². The number of fused-ring (bicyclic) bond motifs is 1. The number of rotatable bonds is 7. The van der Waals surface area contributed by atoms with Crippen LogP contribution in [0.2, 0.25) is 0 Å². The van der Waals surface area contributed by atoms with E-state index in [1.54, 1.807) is 0 Å². The third kappa shape index (κ3) is 4.95. The maximum absolute atomic E-state index is 13.1. The zero-order valence-corrected chi connectivity index (χ0v) is 18.9. The van der Waals surface area contributed by atoms with Crippen molar-refractivity contribution in [3.63, 3.8) is 0 Å². The molecule has 0 aliphatic carbocycles. The molecule has 2 atom stereocenters. The van der Waals surface area contributed by atoms with Crippen LogP contribution in [0.15, 0.2) is 32.3 Å². The van der Waals surface area contributed by atoms with E-state index in [9.17, 15) is 18.0 Å². The van der Waals surface area contributed by atoms with Crippen LogP contribution in [0.4, 0.5) is 0 Å². The van der Waals surface area contributed by atoms with Crippen molar-refractivity contribution < 1.29 is 17.6 Å². The van der Waals surface area contributed by atoms with Gasteiger partial charge < -0.3 is 9.73 Å². The Balaban J connectivity index is 1.82. The van der Waals surface area contributed by atoms with Gasteiger partial charge in [0.2, 0.25) is 15.9 Å². The van der Waals surface area contributed by atoms with E-state index in [4.69, 9.17) is 4.42 Å². The van der Waals surface area contributed by atoms with Crippen molar-refractivity contribution in [1.29, 1.82) is 0 Å². The van der Waals surface area contributed by atoms with Gasteiger partial charge in [-0.25, -0.2) is 13.2 Å². The normalized spacial score (nSPS) is 20.7. The summed E-state index contributed by atoms with van der Waals surface area (Å²) in [7, 11) is -3.68. The molecule has 3 rings (SSSR count). The Hall–Kier alpha value is -2.13. The summed E-state index contributed by atoms with van der Waals surface area (Å²) < 4.78 is 34.2. The predicted molar refractivity (Wildman–Crippen MR) is 115 cm³/mol. The van der Waals surface area contributed by atoms with Crippen molar-refractivity contribution in [1.82, 2.24) is 14.2 Å². The minimum atomic E-state index is -3.68. The quantitative estimate of drug-likeness (QED) is 0.717. The highest BCUT2D eigenvalue weighted by molar-refractivity contribution is 7.89. The van der Waals surface area contributed by atoms with Crippen molar-refractivity contribution in [3.05, 3.63) is 28.7 Å². The van der Waals surface area contributed by atoms with Gasteiger partial charge in [-0.2, -0.15) is 4.31 Å². The first-order chi connectivity index (χ1) is 14.1. The molecular weight excluding hydrogens is 406 g/mol. The van der Waals surface area contributed by atoms with Gasteiger partial charge in [0.1, 0.15) is 6.54 Å². The molecular formula is C21H31N3O5S. The van der Waals surface area contributed by atoms with E-state index in [1.165, 1.54) is 27.1 Å². The molecule has 0 unspecified atom stereocenters. The molecule has 1 aliphatic rings. The van der Waals surface area contributed by atoms with Crippen LogP contribution >= 0.6 is 0 Å². The highest BCUT2D eigenvalue weighted by atomic mass is 32.2. The number of amides is 1. The zero-order chi connectivity index (χ0) is 22.1. The van der Waals surface area contributed by atoms with E-state index in [-0.39, 0.29) is 22.9 Å². The molecule has 166 valence electrons. The minimum absolute atomic E-state index is 0.0959. The molecule has 1 aromatic carbocycles. The fourth-order valence-corrected chi connectivity index (χ4v) is 5.70. The molecule has 0 bridgehead atoms. The van der Waals surface area contributed by atoms with Crippen LogP contribution in [0, 0.1) is 17.8 Å². The number of carbonyl (C=O) groups excluding carboxylic acids is 1. The lowest BCUT2D eigenvalue weighted by Crippen LogP contribution is -2.42. The van der Waals surface area contributed by atoms with Gasteiger partial charge >= 0.3 is 5.76 Å². The first kappa shape index (κ1) is 22.6. The van der Waals surface area contributed by atoms with E-state index in [0.717, 1.165) is 12.8 Å². The predicted octanol–water partition coefficient (Wildman–Crippen LogP) is 2.42. The molecule has 0 saturated carbocycles. The molecule has 30 heavy (non-hydrogen) atoms. The zero-order valence-electron chi connectivity index (χ0n) is 18.1. The lowest BCUT2D eigenvalue weighted by atomic mass is 9.94. The molecule has 8 nitrogen and oxygen atoms in total. The molecule has 2 heterocycles. The van der Waals surface area contributed by atoms with Gasteiger partial charge in [0.15, 0.2) is 5.58 Å². The molecule has 1 fully saturated rings. The summed E-state index contributed by atoms with van der Waals surface area (Å²) in [5.74, 6) is 0.0854. The van der Waals surface area contributed by atoms with Gasteiger partial charge in [0.25, 0.3) is 0 Å². The largest absolute Gasteiger partial charge is 0.420 e. The fraction of sp³-hybridized carbons (Fsp3) is 0.619. The number of carbonyl (C=O) groups is 1. The van der Waals surface area contributed by atoms with Crippen molar-refractivity contribution in [2.24, 2.45) is 17.8 Å². The highest BCUT2D eigenvalue weighted by Crippen LogP contribution is 2.28. The van der Waals surface area contributed by atoms with Gasteiger partial charge in [0, 0.05) is 25.7 Å². The summed E-state index contributed by atoms with van der Waals surface area (Å²) in [5, 5.41) is 2.79. The fourth-order valence-electron chi connectivity index (χ4n) is 4.01. The molecule has 9 heteroatoms. The number of benzene rings is 1. The summed E-state index contributed by atoms with van der Waals surface area (Å²) in [6.07, 6.45) is 1.85. The number of oxazole rings is 1. The van der Waals surface area contributed by atoms with Gasteiger partial charge in [-0.1, -0.05) is 27.7 Å². The highest BCUT2D eigenvalue weighted by Gasteiger charge is 2.32. The first-order valence-corrected chi connectivity index (χ1v) is 11.9. The van der Waals surface area contributed by atoms with Crippen molar-refractivity contribution in [3.8, 4) is 0 Å². The van der Waals surface area contributed by atoms with Gasteiger partial charge in [-0.05, 0) is 42.7 Å². The van der Waals surface area contributed by atoms with E-state index in [0.29, 0.717) is 42.9 Å². The third-order valence-corrected chi connectivity index (χ3v) is 7.29. The van der Waals surface area contributed by atoms with Gasteiger partial charge in [-0.15, -0.1) is 0 Å². The maximum Gasteiger partial charge on any atom is 0.420 e. The van der Waals surface area contributed by atoms with Crippen LogP contribution in [0.25, 0.3) is 11.1 Å². The molecule has 0 spiro atoms. The molecule has 2 aromatic rings. The van der Waals surface area contributed by atoms with Crippen LogP contribution < -0.4 is 11.1 Å². The second kappa shape index (κ2) is 8.93. The Morgan fingerprint density at radius 3 is 2.53 bits per heavy atom. The Kier molecular flexibility index (Phi) is 6.71. The second-order valence-electron chi connectivity index (χ2n) is 8.88. The summed E-state index contributed by atoms with van der Waals surface area (Å²) >= 11 is 0. The van der Waals surface area contributed by atoms with E-state index >= 15 is 0 Å². The van der Waals surface area contributed by atoms with E-state index in [1.807, 2.05) is 13.8 Å². The second-order valence-corrected chi connectivity index (χ2v) is 10.8. The van der Waals surface area contributed by atoms with E-state index in [2.05, 4.69) is 19.2 Å².